The van der Waals surface area contributed by atoms with Crippen LogP contribution in [-0.2, 0) is 0 Å². The van der Waals surface area contributed by atoms with Crippen molar-refractivity contribution in [1.29, 1.82) is 0 Å². The molecular weight excluding hydrogens is 249 g/mol. The summed E-state index contributed by atoms with van der Waals surface area (Å²) in [4.78, 5) is 4.32. The van der Waals surface area contributed by atoms with Crippen molar-refractivity contribution in [3.63, 3.8) is 0 Å². The normalized spacial score (nSPS) is 13.9. The molecule has 0 fully saturated rings. The van der Waals surface area contributed by atoms with Gasteiger partial charge < -0.3 is 5.32 Å². The molecule has 1 rings (SSSR count). The van der Waals surface area contributed by atoms with Gasteiger partial charge in [-0.3, -0.25) is 0 Å². The molecular formula is C11H17F3N2S. The maximum absolute atomic E-state index is 11.9. The molecule has 1 aromatic heterocycles. The van der Waals surface area contributed by atoms with Gasteiger partial charge in [-0.05, 0) is 33.2 Å². The van der Waals surface area contributed by atoms with E-state index in [9.17, 15) is 13.2 Å². The molecule has 1 N–H and O–H groups in total. The number of nitrogens with zero attached hydrogens (tertiary/aromatic N) is 1. The van der Waals surface area contributed by atoms with Gasteiger partial charge in [0.2, 0.25) is 0 Å². The molecule has 0 saturated heterocycles. The van der Waals surface area contributed by atoms with E-state index in [0.29, 0.717) is 13.0 Å². The van der Waals surface area contributed by atoms with Gasteiger partial charge in [0.25, 0.3) is 0 Å². The van der Waals surface area contributed by atoms with Gasteiger partial charge in [0, 0.05) is 17.8 Å². The summed E-state index contributed by atoms with van der Waals surface area (Å²) >= 11 is 1.58. The summed E-state index contributed by atoms with van der Waals surface area (Å²) in [6.07, 6.45) is -4.01. The number of hydrogen-bond acceptors (Lipinski definition) is 3. The maximum Gasteiger partial charge on any atom is 0.389 e. The van der Waals surface area contributed by atoms with Gasteiger partial charge in [-0.2, -0.15) is 13.2 Å². The van der Waals surface area contributed by atoms with Crippen molar-refractivity contribution in [1.82, 2.24) is 10.3 Å². The minimum absolute atomic E-state index is 0.103. The van der Waals surface area contributed by atoms with Gasteiger partial charge in [0.15, 0.2) is 0 Å². The minimum atomic E-state index is -4.03. The van der Waals surface area contributed by atoms with E-state index in [1.165, 1.54) is 0 Å². The van der Waals surface area contributed by atoms with Gasteiger partial charge >= 0.3 is 6.18 Å². The fraction of sp³-hybridized carbons (Fsp3) is 0.727. The van der Waals surface area contributed by atoms with Crippen LogP contribution in [0.1, 0.15) is 42.9 Å². The van der Waals surface area contributed by atoms with Gasteiger partial charge in [-0.25, -0.2) is 4.98 Å². The number of halogens is 3. The highest BCUT2D eigenvalue weighted by atomic mass is 32.1. The fourth-order valence-corrected chi connectivity index (χ4v) is 2.16. The Balaban J connectivity index is 2.15. The molecule has 1 aromatic rings. The van der Waals surface area contributed by atoms with Crippen molar-refractivity contribution in [2.24, 2.45) is 0 Å². The number of unbranched alkanes of at least 4 members (excludes halogenated alkanes) is 1. The quantitative estimate of drug-likeness (QED) is 0.791. The Kier molecular flexibility index (Phi) is 5.39. The number of nitrogens with one attached hydrogen (secondary N) is 1. The Bertz CT molecular complexity index is 336. The SMILES string of the molecule is Cc1nc(C(C)NCCCCC(F)(F)F)cs1. The first-order valence-corrected chi connectivity index (χ1v) is 6.48. The molecule has 1 atom stereocenters. The van der Waals surface area contributed by atoms with Gasteiger partial charge in [-0.15, -0.1) is 11.3 Å². The summed E-state index contributed by atoms with van der Waals surface area (Å²) in [5.74, 6) is 0. The number of rotatable bonds is 6. The topological polar surface area (TPSA) is 24.9 Å². The maximum atomic E-state index is 11.9. The molecule has 0 aliphatic rings. The predicted molar refractivity (Wildman–Crippen MR) is 63.2 cm³/mol. The molecule has 0 bridgehead atoms. The highest BCUT2D eigenvalue weighted by molar-refractivity contribution is 7.09. The lowest BCUT2D eigenvalue weighted by atomic mass is 10.2. The van der Waals surface area contributed by atoms with Crippen LogP contribution in [0.4, 0.5) is 13.2 Å². The van der Waals surface area contributed by atoms with E-state index in [2.05, 4.69) is 10.3 Å². The Morgan fingerprint density at radius 2 is 2.12 bits per heavy atom. The van der Waals surface area contributed by atoms with E-state index >= 15 is 0 Å². The van der Waals surface area contributed by atoms with E-state index in [4.69, 9.17) is 0 Å². The third-order valence-corrected chi connectivity index (χ3v) is 3.21. The highest BCUT2D eigenvalue weighted by Gasteiger charge is 2.25. The first-order valence-electron chi connectivity index (χ1n) is 5.60. The molecule has 6 heteroatoms. The molecule has 0 aliphatic heterocycles. The molecule has 0 aromatic carbocycles. The van der Waals surface area contributed by atoms with Crippen LogP contribution < -0.4 is 5.32 Å². The van der Waals surface area contributed by atoms with Crippen LogP contribution in [0.5, 0.6) is 0 Å². The van der Waals surface area contributed by atoms with E-state index in [0.717, 1.165) is 10.7 Å². The lowest BCUT2D eigenvalue weighted by molar-refractivity contribution is -0.135. The summed E-state index contributed by atoms with van der Waals surface area (Å²) in [5, 5.41) is 6.16. The van der Waals surface area contributed by atoms with Crippen molar-refractivity contribution in [3.05, 3.63) is 16.1 Å². The highest BCUT2D eigenvalue weighted by Crippen LogP contribution is 2.22. The molecule has 0 aliphatic carbocycles. The molecule has 0 radical (unpaired) electrons. The number of alkyl halides is 3. The molecule has 1 unspecified atom stereocenters. The first kappa shape index (κ1) is 14.4. The second-order valence-corrected chi connectivity index (χ2v) is 5.10. The van der Waals surface area contributed by atoms with Crippen LogP contribution in [0.15, 0.2) is 5.38 Å². The van der Waals surface area contributed by atoms with Gasteiger partial charge in [0.05, 0.1) is 10.7 Å². The van der Waals surface area contributed by atoms with Gasteiger partial charge in [-0.1, -0.05) is 0 Å². The monoisotopic (exact) mass is 266 g/mol. The summed E-state index contributed by atoms with van der Waals surface area (Å²) in [7, 11) is 0. The van der Waals surface area contributed by atoms with Crippen LogP contribution in [-0.4, -0.2) is 17.7 Å². The van der Waals surface area contributed by atoms with Crippen LogP contribution in [0.2, 0.25) is 0 Å². The number of aromatic nitrogens is 1. The molecule has 2 nitrogen and oxygen atoms in total. The first-order chi connectivity index (χ1) is 7.88. The zero-order chi connectivity index (χ0) is 12.9. The zero-order valence-corrected chi connectivity index (χ0v) is 10.8. The number of aryl methyl sites for hydroxylation is 1. The Morgan fingerprint density at radius 3 is 2.65 bits per heavy atom. The summed E-state index contributed by atoms with van der Waals surface area (Å²) in [5.41, 5.74) is 0.961. The smallest absolute Gasteiger partial charge is 0.309 e. The van der Waals surface area contributed by atoms with Crippen molar-refractivity contribution in [2.45, 2.75) is 45.3 Å². The average molecular weight is 266 g/mol. The van der Waals surface area contributed by atoms with Crippen LogP contribution >= 0.6 is 11.3 Å². The third kappa shape index (κ3) is 6.02. The molecule has 98 valence electrons. The average Bonchev–Trinajstić information content (AvgIpc) is 2.62. The van der Waals surface area contributed by atoms with Crippen LogP contribution in [0.25, 0.3) is 0 Å². The lowest BCUT2D eigenvalue weighted by Crippen LogP contribution is -2.20. The van der Waals surface area contributed by atoms with Crippen molar-refractivity contribution < 1.29 is 13.2 Å². The van der Waals surface area contributed by atoms with Crippen LogP contribution in [0.3, 0.4) is 0 Å². The summed E-state index contributed by atoms with van der Waals surface area (Å²) < 4.78 is 35.6. The summed E-state index contributed by atoms with van der Waals surface area (Å²) in [6.45, 7) is 4.50. The molecule has 1 heterocycles. The van der Waals surface area contributed by atoms with E-state index in [-0.39, 0.29) is 12.5 Å². The zero-order valence-electron chi connectivity index (χ0n) is 9.97. The largest absolute Gasteiger partial charge is 0.389 e. The molecule has 0 spiro atoms. The van der Waals surface area contributed by atoms with Crippen molar-refractivity contribution >= 4 is 11.3 Å². The number of thiazole rings is 1. The second kappa shape index (κ2) is 6.35. The Hall–Kier alpha value is -0.620. The predicted octanol–water partition coefficient (Wildman–Crippen LogP) is 3.83. The standard InChI is InChI=1S/C11H17F3N2S/c1-8(10-7-17-9(2)16-10)15-6-4-3-5-11(12,13)14/h7-8,15H,3-6H2,1-2H3. The summed E-state index contributed by atoms with van der Waals surface area (Å²) in [6, 6.07) is 0.103. The number of hydrogen-bond donors (Lipinski definition) is 1. The third-order valence-electron chi connectivity index (χ3n) is 2.42. The minimum Gasteiger partial charge on any atom is -0.309 e. The second-order valence-electron chi connectivity index (χ2n) is 4.04. The molecule has 17 heavy (non-hydrogen) atoms. The Labute approximate surface area is 103 Å². The van der Waals surface area contributed by atoms with E-state index in [1.54, 1.807) is 11.3 Å². The van der Waals surface area contributed by atoms with E-state index < -0.39 is 12.6 Å². The van der Waals surface area contributed by atoms with Crippen LogP contribution in [0, 0.1) is 6.92 Å². The van der Waals surface area contributed by atoms with Crippen molar-refractivity contribution in [2.75, 3.05) is 6.54 Å². The molecule has 0 amide bonds. The fourth-order valence-electron chi connectivity index (χ4n) is 1.45. The van der Waals surface area contributed by atoms with E-state index in [1.807, 2.05) is 19.2 Å². The van der Waals surface area contributed by atoms with Gasteiger partial charge in [0.1, 0.15) is 0 Å². The van der Waals surface area contributed by atoms with Crippen molar-refractivity contribution in [3.8, 4) is 0 Å². The lowest BCUT2D eigenvalue weighted by Gasteiger charge is -2.11. The molecule has 0 saturated carbocycles. The Morgan fingerprint density at radius 1 is 1.41 bits per heavy atom.